The number of hydrogen-bond donors (Lipinski definition) is 0. The van der Waals surface area contributed by atoms with E-state index in [2.05, 4.69) is 0 Å². The van der Waals surface area contributed by atoms with Crippen LogP contribution in [0.15, 0.2) is 42.5 Å². The van der Waals surface area contributed by atoms with Crippen molar-refractivity contribution in [3.05, 3.63) is 53.6 Å². The van der Waals surface area contributed by atoms with E-state index >= 15 is 0 Å². The fourth-order valence-corrected chi connectivity index (χ4v) is 5.59. The summed E-state index contributed by atoms with van der Waals surface area (Å²) < 4.78 is 5.55. The average molecular weight is 461 g/mol. The molecule has 2 heterocycles. The van der Waals surface area contributed by atoms with Gasteiger partial charge in [0.1, 0.15) is 5.75 Å². The number of fused-ring (bicyclic) bond motifs is 1. The SMILES string of the molecule is Cc1cccc(C)c1N1C[C@H](C(=O)Oc2ccc(N3C(=O)[C@H]4CCCC[C@@H]4C3=O)cc2)CC1=O. The molecule has 0 radical (unpaired) electrons. The maximum Gasteiger partial charge on any atom is 0.316 e. The Labute approximate surface area is 198 Å². The molecule has 34 heavy (non-hydrogen) atoms. The molecule has 3 fully saturated rings. The molecule has 7 nitrogen and oxygen atoms in total. The summed E-state index contributed by atoms with van der Waals surface area (Å²) >= 11 is 0. The summed E-state index contributed by atoms with van der Waals surface area (Å²) in [6.07, 6.45) is 3.59. The monoisotopic (exact) mass is 460 g/mol. The molecule has 3 amide bonds. The van der Waals surface area contributed by atoms with E-state index in [-0.39, 0.29) is 42.5 Å². The van der Waals surface area contributed by atoms with Crippen molar-refractivity contribution in [1.82, 2.24) is 0 Å². The minimum Gasteiger partial charge on any atom is -0.426 e. The second kappa shape index (κ2) is 8.70. The first-order valence-corrected chi connectivity index (χ1v) is 11.9. The Morgan fingerprint density at radius 1 is 0.882 bits per heavy atom. The molecular formula is C27H28N2O5. The van der Waals surface area contributed by atoms with Gasteiger partial charge in [0.15, 0.2) is 0 Å². The number of rotatable bonds is 4. The van der Waals surface area contributed by atoms with Crippen molar-refractivity contribution >= 4 is 35.1 Å². The van der Waals surface area contributed by atoms with Crippen LogP contribution < -0.4 is 14.5 Å². The highest BCUT2D eigenvalue weighted by Gasteiger charge is 2.48. The van der Waals surface area contributed by atoms with Crippen molar-refractivity contribution in [3.8, 4) is 5.75 Å². The van der Waals surface area contributed by atoms with E-state index < -0.39 is 11.9 Å². The number of imide groups is 1. The van der Waals surface area contributed by atoms with Crippen LogP contribution >= 0.6 is 0 Å². The van der Waals surface area contributed by atoms with E-state index in [9.17, 15) is 19.2 Å². The number of carbonyl (C=O) groups excluding carboxylic acids is 4. The molecule has 1 aliphatic carbocycles. The van der Waals surface area contributed by atoms with Crippen LogP contribution in [0.3, 0.4) is 0 Å². The topological polar surface area (TPSA) is 84.0 Å². The molecule has 3 atom stereocenters. The zero-order valence-corrected chi connectivity index (χ0v) is 19.5. The third-order valence-corrected chi connectivity index (χ3v) is 7.32. The van der Waals surface area contributed by atoms with Crippen molar-refractivity contribution in [2.45, 2.75) is 46.0 Å². The highest BCUT2D eigenvalue weighted by atomic mass is 16.5. The normalized spacial score (nSPS) is 24.5. The molecule has 176 valence electrons. The lowest BCUT2D eigenvalue weighted by Gasteiger charge is -2.21. The number of ether oxygens (including phenoxy) is 1. The molecule has 2 aliphatic heterocycles. The van der Waals surface area contributed by atoms with E-state index in [0.717, 1.165) is 42.5 Å². The van der Waals surface area contributed by atoms with Crippen molar-refractivity contribution < 1.29 is 23.9 Å². The van der Waals surface area contributed by atoms with Gasteiger partial charge in [-0.1, -0.05) is 31.0 Å². The Kier molecular flexibility index (Phi) is 5.71. The van der Waals surface area contributed by atoms with Crippen LogP contribution in [0, 0.1) is 31.6 Å². The Hall–Kier alpha value is -3.48. The van der Waals surface area contributed by atoms with Gasteiger partial charge in [-0.2, -0.15) is 0 Å². The number of amides is 3. The summed E-state index contributed by atoms with van der Waals surface area (Å²) in [5.74, 6) is -1.47. The molecule has 7 heteroatoms. The molecule has 5 rings (SSSR count). The zero-order valence-electron chi connectivity index (χ0n) is 19.5. The lowest BCUT2D eigenvalue weighted by molar-refractivity contribution is -0.139. The van der Waals surface area contributed by atoms with Crippen LogP contribution in [0.5, 0.6) is 5.75 Å². The van der Waals surface area contributed by atoms with Gasteiger partial charge in [-0.05, 0) is 62.1 Å². The number of anilines is 2. The molecule has 0 unspecified atom stereocenters. The van der Waals surface area contributed by atoms with Gasteiger partial charge >= 0.3 is 5.97 Å². The van der Waals surface area contributed by atoms with E-state index in [4.69, 9.17) is 4.74 Å². The highest BCUT2D eigenvalue weighted by Crippen LogP contribution is 2.40. The van der Waals surface area contributed by atoms with Gasteiger partial charge in [-0.25, -0.2) is 0 Å². The van der Waals surface area contributed by atoms with Gasteiger partial charge in [-0.3, -0.25) is 24.1 Å². The van der Waals surface area contributed by atoms with Crippen molar-refractivity contribution in [1.29, 1.82) is 0 Å². The van der Waals surface area contributed by atoms with Crippen LogP contribution in [0.4, 0.5) is 11.4 Å². The second-order valence-corrected chi connectivity index (χ2v) is 9.57. The third kappa shape index (κ3) is 3.79. The first-order chi connectivity index (χ1) is 16.3. The van der Waals surface area contributed by atoms with Crippen LogP contribution in [0.25, 0.3) is 0 Å². The van der Waals surface area contributed by atoms with Crippen molar-refractivity contribution in [3.63, 3.8) is 0 Å². The summed E-state index contributed by atoms with van der Waals surface area (Å²) in [5, 5.41) is 0. The number of benzene rings is 2. The Morgan fingerprint density at radius 2 is 1.47 bits per heavy atom. The molecular weight excluding hydrogens is 432 g/mol. The molecule has 2 aromatic rings. The quantitative estimate of drug-likeness (QED) is 0.392. The Morgan fingerprint density at radius 3 is 2.06 bits per heavy atom. The van der Waals surface area contributed by atoms with Crippen LogP contribution in [0.2, 0.25) is 0 Å². The first-order valence-electron chi connectivity index (χ1n) is 11.9. The summed E-state index contributed by atoms with van der Waals surface area (Å²) in [4.78, 5) is 54.0. The smallest absolute Gasteiger partial charge is 0.316 e. The van der Waals surface area contributed by atoms with Crippen molar-refractivity contribution in [2.24, 2.45) is 17.8 Å². The fraction of sp³-hybridized carbons (Fsp3) is 0.407. The maximum absolute atomic E-state index is 12.8. The third-order valence-electron chi connectivity index (χ3n) is 7.32. The van der Waals surface area contributed by atoms with Crippen LogP contribution in [-0.2, 0) is 19.2 Å². The Balaban J connectivity index is 1.26. The highest BCUT2D eigenvalue weighted by molar-refractivity contribution is 6.22. The number of hydrogen-bond acceptors (Lipinski definition) is 5. The summed E-state index contributed by atoms with van der Waals surface area (Å²) in [6, 6.07) is 12.3. The van der Waals surface area contributed by atoms with E-state index in [1.165, 1.54) is 4.90 Å². The molecule has 2 saturated heterocycles. The van der Waals surface area contributed by atoms with Gasteiger partial charge in [0.05, 0.1) is 23.4 Å². The summed E-state index contributed by atoms with van der Waals surface area (Å²) in [6.45, 7) is 4.18. The largest absolute Gasteiger partial charge is 0.426 e. The zero-order chi connectivity index (χ0) is 24.0. The molecule has 0 bridgehead atoms. The molecule has 0 spiro atoms. The van der Waals surface area contributed by atoms with Crippen molar-refractivity contribution in [2.75, 3.05) is 16.3 Å². The van der Waals surface area contributed by atoms with Gasteiger partial charge < -0.3 is 9.64 Å². The van der Waals surface area contributed by atoms with Gasteiger partial charge in [-0.15, -0.1) is 0 Å². The minimum absolute atomic E-state index is 0.0952. The van der Waals surface area contributed by atoms with E-state index in [1.807, 2.05) is 32.0 Å². The van der Waals surface area contributed by atoms with E-state index in [0.29, 0.717) is 11.4 Å². The Bertz CT molecular complexity index is 1130. The molecule has 1 saturated carbocycles. The first kappa shape index (κ1) is 22.3. The molecule has 0 N–H and O–H groups in total. The number of carbonyl (C=O) groups is 4. The van der Waals surface area contributed by atoms with Crippen LogP contribution in [0.1, 0.15) is 43.2 Å². The minimum atomic E-state index is -0.559. The lowest BCUT2D eigenvalue weighted by Crippen LogP contribution is -2.30. The lowest BCUT2D eigenvalue weighted by atomic mass is 9.81. The number of aryl methyl sites for hydroxylation is 2. The van der Waals surface area contributed by atoms with E-state index in [1.54, 1.807) is 29.2 Å². The fourth-order valence-electron chi connectivity index (χ4n) is 5.59. The predicted octanol–water partition coefficient (Wildman–Crippen LogP) is 3.94. The summed E-state index contributed by atoms with van der Waals surface area (Å²) in [7, 11) is 0. The number of para-hydroxylation sites is 1. The predicted molar refractivity (Wildman–Crippen MR) is 126 cm³/mol. The average Bonchev–Trinajstić information content (AvgIpc) is 3.32. The van der Waals surface area contributed by atoms with Gasteiger partial charge in [0.2, 0.25) is 17.7 Å². The maximum atomic E-state index is 12.8. The van der Waals surface area contributed by atoms with Gasteiger partial charge in [0.25, 0.3) is 0 Å². The molecule has 3 aliphatic rings. The van der Waals surface area contributed by atoms with Crippen LogP contribution in [-0.4, -0.2) is 30.2 Å². The molecule has 2 aromatic carbocycles. The second-order valence-electron chi connectivity index (χ2n) is 9.57. The summed E-state index contributed by atoms with van der Waals surface area (Å²) in [5.41, 5.74) is 3.33. The number of nitrogens with zero attached hydrogens (tertiary/aromatic N) is 2. The standard InChI is InChI=1S/C27H28N2O5/c1-16-6-5-7-17(2)24(16)28-15-18(14-23(28)30)27(33)34-20-12-10-19(11-13-20)29-25(31)21-8-3-4-9-22(21)26(29)32/h5-7,10-13,18,21-22H,3-4,8-9,14-15H2,1-2H3/t18-,21+,22+/m1/s1. The molecule has 0 aromatic heterocycles. The van der Waals surface area contributed by atoms with Gasteiger partial charge in [0, 0.05) is 18.7 Å². The number of esters is 1.